The Hall–Kier alpha value is -0.650. The third-order valence-electron chi connectivity index (χ3n) is 6.00. The minimum Gasteiger partial charge on any atom is -0.381 e. The van der Waals surface area contributed by atoms with Gasteiger partial charge in [0.15, 0.2) is 0 Å². The van der Waals surface area contributed by atoms with E-state index in [2.05, 4.69) is 24.1 Å². The second kappa shape index (κ2) is 7.75. The van der Waals surface area contributed by atoms with Gasteiger partial charge in [-0.05, 0) is 51.6 Å². The highest BCUT2D eigenvalue weighted by molar-refractivity contribution is 5.82. The molecular formula is C17H33N3O2. The molecular weight excluding hydrogens is 278 g/mol. The second-order valence-corrected chi connectivity index (χ2v) is 6.91. The number of carbonyl (C=O) groups excluding carboxylic acids is 1. The topological polar surface area (TPSA) is 67.6 Å². The molecule has 0 aliphatic carbocycles. The molecule has 0 aromatic heterocycles. The molecule has 2 fully saturated rings. The van der Waals surface area contributed by atoms with Crippen LogP contribution in [0.3, 0.4) is 0 Å². The third-order valence-corrected chi connectivity index (χ3v) is 6.00. The Bertz CT molecular complexity index is 349. The van der Waals surface area contributed by atoms with E-state index in [9.17, 15) is 4.79 Å². The minimum absolute atomic E-state index is 0.0895. The van der Waals surface area contributed by atoms with Gasteiger partial charge in [-0.1, -0.05) is 13.8 Å². The molecule has 5 heteroatoms. The van der Waals surface area contributed by atoms with Crippen molar-refractivity contribution in [2.45, 2.75) is 57.9 Å². The maximum Gasteiger partial charge on any atom is 0.227 e. The lowest BCUT2D eigenvalue weighted by Gasteiger charge is -2.45. The Balaban J connectivity index is 2.03. The summed E-state index contributed by atoms with van der Waals surface area (Å²) in [5.74, 6) is 0.130. The van der Waals surface area contributed by atoms with Gasteiger partial charge in [-0.15, -0.1) is 0 Å². The van der Waals surface area contributed by atoms with Gasteiger partial charge in [-0.25, -0.2) is 0 Å². The number of hydrogen-bond donors (Lipinski definition) is 2. The SMILES string of the molecule is CCC(CC)(CN)C(=O)NCC1(N2CCCC2)CCOCC1. The quantitative estimate of drug-likeness (QED) is 0.748. The van der Waals surface area contributed by atoms with Crippen LogP contribution in [0.25, 0.3) is 0 Å². The van der Waals surface area contributed by atoms with E-state index in [-0.39, 0.29) is 11.4 Å². The highest BCUT2D eigenvalue weighted by Gasteiger charge is 2.41. The number of likely N-dealkylation sites (tertiary alicyclic amines) is 1. The van der Waals surface area contributed by atoms with Crippen LogP contribution in [0.4, 0.5) is 0 Å². The van der Waals surface area contributed by atoms with E-state index in [0.717, 1.165) is 58.5 Å². The van der Waals surface area contributed by atoms with Gasteiger partial charge in [0.1, 0.15) is 0 Å². The highest BCUT2D eigenvalue weighted by atomic mass is 16.5. The van der Waals surface area contributed by atoms with Crippen LogP contribution in [0.15, 0.2) is 0 Å². The fourth-order valence-electron chi connectivity index (χ4n) is 3.93. The van der Waals surface area contributed by atoms with Gasteiger partial charge in [0.25, 0.3) is 0 Å². The first-order valence-corrected chi connectivity index (χ1v) is 8.93. The van der Waals surface area contributed by atoms with Crippen molar-refractivity contribution in [3.63, 3.8) is 0 Å². The molecule has 0 bridgehead atoms. The lowest BCUT2D eigenvalue weighted by Crippen LogP contribution is -2.59. The fourth-order valence-corrected chi connectivity index (χ4v) is 3.93. The van der Waals surface area contributed by atoms with Crippen molar-refractivity contribution in [3.8, 4) is 0 Å². The predicted molar refractivity (Wildman–Crippen MR) is 88.7 cm³/mol. The molecule has 2 saturated heterocycles. The summed E-state index contributed by atoms with van der Waals surface area (Å²) in [5, 5.41) is 3.25. The van der Waals surface area contributed by atoms with Gasteiger partial charge in [0.2, 0.25) is 5.91 Å². The fraction of sp³-hybridized carbons (Fsp3) is 0.941. The van der Waals surface area contributed by atoms with Crippen LogP contribution in [0, 0.1) is 5.41 Å². The Morgan fingerprint density at radius 3 is 2.32 bits per heavy atom. The lowest BCUT2D eigenvalue weighted by atomic mass is 9.80. The number of rotatable bonds is 7. The normalized spacial score (nSPS) is 22.7. The van der Waals surface area contributed by atoms with Gasteiger partial charge >= 0.3 is 0 Å². The van der Waals surface area contributed by atoms with E-state index in [4.69, 9.17) is 10.5 Å². The van der Waals surface area contributed by atoms with Crippen molar-refractivity contribution in [3.05, 3.63) is 0 Å². The molecule has 0 unspecified atom stereocenters. The van der Waals surface area contributed by atoms with Gasteiger partial charge in [-0.2, -0.15) is 0 Å². The molecule has 0 radical (unpaired) electrons. The smallest absolute Gasteiger partial charge is 0.227 e. The Morgan fingerprint density at radius 2 is 1.82 bits per heavy atom. The van der Waals surface area contributed by atoms with Crippen molar-refractivity contribution in [2.75, 3.05) is 39.4 Å². The largest absolute Gasteiger partial charge is 0.381 e. The summed E-state index contributed by atoms with van der Waals surface area (Å²) in [4.78, 5) is 15.3. The molecule has 0 saturated carbocycles. The van der Waals surface area contributed by atoms with Crippen LogP contribution in [0.1, 0.15) is 52.4 Å². The molecule has 2 rings (SSSR count). The van der Waals surface area contributed by atoms with E-state index in [0.29, 0.717) is 6.54 Å². The molecule has 0 atom stereocenters. The molecule has 2 heterocycles. The van der Waals surface area contributed by atoms with Crippen molar-refractivity contribution < 1.29 is 9.53 Å². The first-order valence-electron chi connectivity index (χ1n) is 8.93. The molecule has 2 aliphatic rings. The van der Waals surface area contributed by atoms with E-state index < -0.39 is 5.41 Å². The zero-order valence-electron chi connectivity index (χ0n) is 14.3. The maximum absolute atomic E-state index is 12.7. The van der Waals surface area contributed by atoms with Crippen molar-refractivity contribution in [1.82, 2.24) is 10.2 Å². The standard InChI is InChI=1S/C17H33N3O2/c1-3-16(4-2,13-18)15(21)19-14-17(7-11-22-12-8-17)20-9-5-6-10-20/h3-14,18H2,1-2H3,(H,19,21). The van der Waals surface area contributed by atoms with Crippen LogP contribution in [0.5, 0.6) is 0 Å². The molecule has 22 heavy (non-hydrogen) atoms. The van der Waals surface area contributed by atoms with E-state index in [1.165, 1.54) is 12.8 Å². The molecule has 2 aliphatic heterocycles. The Kier molecular flexibility index (Phi) is 6.24. The van der Waals surface area contributed by atoms with Crippen molar-refractivity contribution in [2.24, 2.45) is 11.1 Å². The maximum atomic E-state index is 12.7. The second-order valence-electron chi connectivity index (χ2n) is 6.91. The zero-order chi connectivity index (χ0) is 16.1. The van der Waals surface area contributed by atoms with Crippen LogP contribution < -0.4 is 11.1 Å². The van der Waals surface area contributed by atoms with Gasteiger partial charge in [-0.3, -0.25) is 9.69 Å². The van der Waals surface area contributed by atoms with Crippen LogP contribution >= 0.6 is 0 Å². The number of nitrogens with zero attached hydrogens (tertiary/aromatic N) is 1. The minimum atomic E-state index is -0.405. The average Bonchev–Trinajstić information content (AvgIpc) is 3.11. The first-order chi connectivity index (χ1) is 10.6. The Morgan fingerprint density at radius 1 is 1.23 bits per heavy atom. The van der Waals surface area contributed by atoms with Crippen LogP contribution in [-0.2, 0) is 9.53 Å². The number of nitrogens with two attached hydrogens (primary N) is 1. The van der Waals surface area contributed by atoms with E-state index in [1.807, 2.05) is 0 Å². The van der Waals surface area contributed by atoms with Gasteiger partial charge in [0, 0.05) is 31.8 Å². The van der Waals surface area contributed by atoms with Crippen molar-refractivity contribution in [1.29, 1.82) is 0 Å². The number of hydrogen-bond acceptors (Lipinski definition) is 4. The summed E-state index contributed by atoms with van der Waals surface area (Å²) in [5.41, 5.74) is 5.59. The Labute approximate surface area is 134 Å². The molecule has 128 valence electrons. The molecule has 3 N–H and O–H groups in total. The monoisotopic (exact) mass is 311 g/mol. The summed E-state index contributed by atoms with van der Waals surface area (Å²) in [6.07, 6.45) is 6.17. The third kappa shape index (κ3) is 3.47. The van der Waals surface area contributed by atoms with Crippen molar-refractivity contribution >= 4 is 5.91 Å². The summed E-state index contributed by atoms with van der Waals surface area (Å²) in [7, 11) is 0. The number of nitrogens with one attached hydrogen (secondary N) is 1. The van der Waals surface area contributed by atoms with Crippen LogP contribution in [0.2, 0.25) is 0 Å². The molecule has 5 nitrogen and oxygen atoms in total. The molecule has 0 aromatic carbocycles. The lowest BCUT2D eigenvalue weighted by molar-refractivity contribution is -0.132. The predicted octanol–water partition coefficient (Wildman–Crippen LogP) is 1.51. The highest BCUT2D eigenvalue weighted by Crippen LogP contribution is 2.32. The first kappa shape index (κ1) is 17.7. The summed E-state index contributed by atoms with van der Waals surface area (Å²) in [6.45, 7) is 9.18. The van der Waals surface area contributed by atoms with Gasteiger partial charge < -0.3 is 15.8 Å². The summed E-state index contributed by atoms with van der Waals surface area (Å²) >= 11 is 0. The number of amides is 1. The summed E-state index contributed by atoms with van der Waals surface area (Å²) < 4.78 is 5.56. The molecule has 0 aromatic rings. The van der Waals surface area contributed by atoms with Crippen LogP contribution in [-0.4, -0.2) is 55.7 Å². The zero-order valence-corrected chi connectivity index (χ0v) is 14.3. The van der Waals surface area contributed by atoms with E-state index in [1.54, 1.807) is 0 Å². The average molecular weight is 311 g/mol. The molecule has 1 amide bonds. The number of carbonyl (C=O) groups is 1. The van der Waals surface area contributed by atoms with E-state index >= 15 is 0 Å². The van der Waals surface area contributed by atoms with Gasteiger partial charge in [0.05, 0.1) is 5.41 Å². The summed E-state index contributed by atoms with van der Waals surface area (Å²) in [6, 6.07) is 0. The molecule has 0 spiro atoms. The number of ether oxygens (including phenoxy) is 1.